The van der Waals surface area contributed by atoms with Crippen LogP contribution in [0.15, 0.2) is 18.2 Å². The lowest BCUT2D eigenvalue weighted by Crippen LogP contribution is -2.28. The van der Waals surface area contributed by atoms with Crippen molar-refractivity contribution in [3.8, 4) is 0 Å². The van der Waals surface area contributed by atoms with Crippen LogP contribution in [0.25, 0.3) is 0 Å². The van der Waals surface area contributed by atoms with Crippen molar-refractivity contribution in [3.63, 3.8) is 0 Å². The summed E-state index contributed by atoms with van der Waals surface area (Å²) in [5.41, 5.74) is 5.44. The zero-order valence-corrected chi connectivity index (χ0v) is 10.1. The summed E-state index contributed by atoms with van der Waals surface area (Å²) in [6, 6.07) is 6.59. The zero-order chi connectivity index (χ0) is 9.84. The van der Waals surface area contributed by atoms with Gasteiger partial charge in [0.05, 0.1) is 0 Å². The summed E-state index contributed by atoms with van der Waals surface area (Å²) in [7, 11) is 0. The van der Waals surface area contributed by atoms with Crippen molar-refractivity contribution in [2.75, 3.05) is 0 Å². The first kappa shape index (κ1) is 10.9. The van der Waals surface area contributed by atoms with Gasteiger partial charge in [-0.15, -0.1) is 0 Å². The molecule has 1 aromatic carbocycles. The molecule has 0 spiro atoms. The van der Waals surface area contributed by atoms with Gasteiger partial charge in [0.2, 0.25) is 0 Å². The van der Waals surface area contributed by atoms with E-state index in [4.69, 9.17) is 5.84 Å². The van der Waals surface area contributed by atoms with Gasteiger partial charge in [-0.2, -0.15) is 0 Å². The van der Waals surface area contributed by atoms with Crippen LogP contribution >= 0.6 is 22.6 Å². The molecule has 0 aliphatic heterocycles. The van der Waals surface area contributed by atoms with Gasteiger partial charge in [0, 0.05) is 9.61 Å². The highest BCUT2D eigenvalue weighted by atomic mass is 127. The molecule has 0 aromatic heterocycles. The average molecular weight is 290 g/mol. The van der Waals surface area contributed by atoms with E-state index in [0.717, 1.165) is 6.42 Å². The molecule has 13 heavy (non-hydrogen) atoms. The minimum absolute atomic E-state index is 0.270. The Bertz CT molecular complexity index is 282. The predicted molar refractivity (Wildman–Crippen MR) is 64.3 cm³/mol. The number of nitrogens with one attached hydrogen (secondary N) is 1. The summed E-state index contributed by atoms with van der Waals surface area (Å²) in [5, 5.41) is 0. The van der Waals surface area contributed by atoms with Gasteiger partial charge in [-0.1, -0.05) is 25.1 Å². The Kier molecular flexibility index (Phi) is 4.15. The van der Waals surface area contributed by atoms with Crippen molar-refractivity contribution in [3.05, 3.63) is 32.9 Å². The SMILES string of the molecule is CCC(NN)c1cccc(C)c1I. The van der Waals surface area contributed by atoms with Crippen LogP contribution in [0.1, 0.15) is 30.5 Å². The van der Waals surface area contributed by atoms with Gasteiger partial charge in [0.15, 0.2) is 0 Å². The van der Waals surface area contributed by atoms with Crippen molar-refractivity contribution in [2.45, 2.75) is 26.3 Å². The molecule has 0 amide bonds. The van der Waals surface area contributed by atoms with Crippen molar-refractivity contribution >= 4 is 22.6 Å². The maximum atomic E-state index is 5.48. The fraction of sp³-hybridized carbons (Fsp3) is 0.400. The highest BCUT2D eigenvalue weighted by molar-refractivity contribution is 14.1. The van der Waals surface area contributed by atoms with Crippen LogP contribution < -0.4 is 11.3 Å². The van der Waals surface area contributed by atoms with Crippen LogP contribution in [-0.2, 0) is 0 Å². The fourth-order valence-corrected chi connectivity index (χ4v) is 2.10. The summed E-state index contributed by atoms with van der Waals surface area (Å²) >= 11 is 2.37. The summed E-state index contributed by atoms with van der Waals surface area (Å²) in [5.74, 6) is 5.48. The molecule has 72 valence electrons. The maximum absolute atomic E-state index is 5.48. The van der Waals surface area contributed by atoms with E-state index < -0.39 is 0 Å². The minimum atomic E-state index is 0.270. The van der Waals surface area contributed by atoms with Gasteiger partial charge in [0.1, 0.15) is 0 Å². The molecule has 1 rings (SSSR count). The molecule has 3 N–H and O–H groups in total. The van der Waals surface area contributed by atoms with Crippen molar-refractivity contribution in [1.82, 2.24) is 5.43 Å². The van der Waals surface area contributed by atoms with Crippen LogP contribution in [0, 0.1) is 10.5 Å². The first-order valence-corrected chi connectivity index (χ1v) is 5.49. The fourth-order valence-electron chi connectivity index (χ4n) is 1.37. The smallest absolute Gasteiger partial charge is 0.0467 e. The Morgan fingerprint density at radius 1 is 1.54 bits per heavy atom. The molecule has 0 fully saturated rings. The molecule has 1 unspecified atom stereocenters. The number of hydrazine groups is 1. The van der Waals surface area contributed by atoms with Crippen LogP contribution in [0.2, 0.25) is 0 Å². The quantitative estimate of drug-likeness (QED) is 0.510. The zero-order valence-electron chi connectivity index (χ0n) is 7.97. The molecule has 1 atom stereocenters. The molecule has 0 aliphatic carbocycles. The Labute approximate surface area is 93.0 Å². The molecule has 0 saturated heterocycles. The predicted octanol–water partition coefficient (Wildman–Crippen LogP) is 2.51. The van der Waals surface area contributed by atoms with Crippen LogP contribution in [0.4, 0.5) is 0 Å². The molecule has 1 aromatic rings. The lowest BCUT2D eigenvalue weighted by atomic mass is 10.0. The van der Waals surface area contributed by atoms with E-state index in [2.05, 4.69) is 60.1 Å². The topological polar surface area (TPSA) is 38.0 Å². The molecule has 2 nitrogen and oxygen atoms in total. The lowest BCUT2D eigenvalue weighted by Gasteiger charge is -2.16. The second-order valence-electron chi connectivity index (χ2n) is 3.11. The number of halogens is 1. The van der Waals surface area contributed by atoms with E-state index >= 15 is 0 Å². The van der Waals surface area contributed by atoms with Crippen molar-refractivity contribution in [1.29, 1.82) is 0 Å². The van der Waals surface area contributed by atoms with Crippen molar-refractivity contribution < 1.29 is 0 Å². The summed E-state index contributed by atoms with van der Waals surface area (Å²) in [4.78, 5) is 0. The third kappa shape index (κ3) is 2.42. The molecular formula is C10H15IN2. The molecule has 0 radical (unpaired) electrons. The van der Waals surface area contributed by atoms with Crippen LogP contribution in [0.3, 0.4) is 0 Å². The minimum Gasteiger partial charge on any atom is -0.271 e. The standard InChI is InChI=1S/C10H15IN2/c1-3-9(13-12)8-6-4-5-7(2)10(8)11/h4-6,9,13H,3,12H2,1-2H3. The van der Waals surface area contributed by atoms with Gasteiger partial charge >= 0.3 is 0 Å². The Hall–Kier alpha value is -0.130. The average Bonchev–Trinajstić information content (AvgIpc) is 2.14. The van der Waals surface area contributed by atoms with E-state index in [1.54, 1.807) is 0 Å². The normalized spacial score (nSPS) is 12.9. The van der Waals surface area contributed by atoms with E-state index in [1.165, 1.54) is 14.7 Å². The van der Waals surface area contributed by atoms with Gasteiger partial charge in [-0.3, -0.25) is 11.3 Å². The number of nitrogens with two attached hydrogens (primary N) is 1. The molecule has 0 aliphatic rings. The Morgan fingerprint density at radius 2 is 2.23 bits per heavy atom. The molecular weight excluding hydrogens is 275 g/mol. The third-order valence-electron chi connectivity index (χ3n) is 2.21. The largest absolute Gasteiger partial charge is 0.271 e. The van der Waals surface area contributed by atoms with Gasteiger partial charge < -0.3 is 0 Å². The second-order valence-corrected chi connectivity index (χ2v) is 4.18. The van der Waals surface area contributed by atoms with E-state index in [1.807, 2.05) is 0 Å². The number of hydrogen-bond acceptors (Lipinski definition) is 2. The maximum Gasteiger partial charge on any atom is 0.0467 e. The van der Waals surface area contributed by atoms with E-state index in [9.17, 15) is 0 Å². The summed E-state index contributed by atoms with van der Waals surface area (Å²) < 4.78 is 1.31. The molecule has 3 heteroatoms. The van der Waals surface area contributed by atoms with E-state index in [0.29, 0.717) is 0 Å². The van der Waals surface area contributed by atoms with Gasteiger partial charge in [-0.05, 0) is 47.1 Å². The number of hydrogen-bond donors (Lipinski definition) is 2. The highest BCUT2D eigenvalue weighted by Crippen LogP contribution is 2.24. The summed E-state index contributed by atoms with van der Waals surface area (Å²) in [6.45, 7) is 4.25. The molecule has 0 bridgehead atoms. The monoisotopic (exact) mass is 290 g/mol. The Morgan fingerprint density at radius 3 is 2.77 bits per heavy atom. The van der Waals surface area contributed by atoms with Gasteiger partial charge in [0.25, 0.3) is 0 Å². The molecule has 0 saturated carbocycles. The first-order chi connectivity index (χ1) is 6.20. The van der Waals surface area contributed by atoms with Crippen molar-refractivity contribution in [2.24, 2.45) is 5.84 Å². The third-order valence-corrected chi connectivity index (χ3v) is 3.68. The Balaban J connectivity index is 3.05. The first-order valence-electron chi connectivity index (χ1n) is 4.41. The number of aryl methyl sites for hydroxylation is 1. The van der Waals surface area contributed by atoms with Crippen LogP contribution in [0.5, 0.6) is 0 Å². The van der Waals surface area contributed by atoms with Crippen LogP contribution in [-0.4, -0.2) is 0 Å². The van der Waals surface area contributed by atoms with Gasteiger partial charge in [-0.25, -0.2) is 0 Å². The highest BCUT2D eigenvalue weighted by Gasteiger charge is 2.10. The lowest BCUT2D eigenvalue weighted by molar-refractivity contribution is 0.536. The number of benzene rings is 1. The second kappa shape index (κ2) is 4.93. The summed E-state index contributed by atoms with van der Waals surface area (Å²) in [6.07, 6.45) is 1.01. The molecule has 0 heterocycles. The van der Waals surface area contributed by atoms with E-state index in [-0.39, 0.29) is 6.04 Å². The number of rotatable bonds is 3.